The van der Waals surface area contributed by atoms with Crippen LogP contribution in [0.5, 0.6) is 0 Å². The Morgan fingerprint density at radius 3 is 2.45 bits per heavy atom. The number of aryl methyl sites for hydroxylation is 1. The van der Waals surface area contributed by atoms with Gasteiger partial charge in [-0.1, -0.05) is 35.9 Å². The van der Waals surface area contributed by atoms with Crippen molar-refractivity contribution >= 4 is 11.6 Å². The Bertz CT molecular complexity index is 931. The van der Waals surface area contributed by atoms with Crippen LogP contribution in [-0.2, 0) is 11.3 Å². The van der Waals surface area contributed by atoms with E-state index in [0.29, 0.717) is 24.9 Å². The van der Waals surface area contributed by atoms with Crippen LogP contribution in [0.1, 0.15) is 30.7 Å². The van der Waals surface area contributed by atoms with Crippen molar-refractivity contribution < 1.29 is 9.21 Å². The summed E-state index contributed by atoms with van der Waals surface area (Å²) >= 11 is 0. The predicted octanol–water partition coefficient (Wildman–Crippen LogP) is 4.06. The molecule has 0 atom stereocenters. The highest BCUT2D eigenvalue weighted by atomic mass is 16.4. The molecule has 2 heterocycles. The first-order chi connectivity index (χ1) is 14.2. The highest BCUT2D eigenvalue weighted by molar-refractivity contribution is 5.81. The van der Waals surface area contributed by atoms with Gasteiger partial charge in [0.05, 0.1) is 13.1 Å². The molecule has 4 rings (SSSR count). The van der Waals surface area contributed by atoms with Crippen LogP contribution in [0.25, 0.3) is 11.5 Å². The minimum atomic E-state index is 0.146. The molecule has 0 spiro atoms. The van der Waals surface area contributed by atoms with Crippen LogP contribution in [-0.4, -0.2) is 40.6 Å². The van der Waals surface area contributed by atoms with Crippen molar-refractivity contribution in [3.8, 4) is 11.5 Å². The smallest absolute Gasteiger partial charge is 0.247 e. The van der Waals surface area contributed by atoms with Crippen LogP contribution in [0.15, 0.2) is 59.0 Å². The second kappa shape index (κ2) is 8.90. The van der Waals surface area contributed by atoms with E-state index in [2.05, 4.69) is 29.3 Å². The Balaban J connectivity index is 1.53. The molecule has 1 saturated heterocycles. The lowest BCUT2D eigenvalue weighted by atomic mass is 10.1. The average Bonchev–Trinajstić information content (AvgIpc) is 3.24. The summed E-state index contributed by atoms with van der Waals surface area (Å²) < 4.78 is 5.88. The Kier molecular flexibility index (Phi) is 5.89. The number of nitrogens with zero attached hydrogens (tertiary/aromatic N) is 4. The zero-order valence-corrected chi connectivity index (χ0v) is 16.8. The van der Waals surface area contributed by atoms with E-state index >= 15 is 0 Å². The molecule has 0 saturated carbocycles. The fourth-order valence-corrected chi connectivity index (χ4v) is 3.58. The number of anilines is 1. The van der Waals surface area contributed by atoms with Crippen LogP contribution < -0.4 is 4.90 Å². The van der Waals surface area contributed by atoms with Gasteiger partial charge in [0.2, 0.25) is 17.7 Å². The fourth-order valence-electron chi connectivity index (χ4n) is 3.58. The van der Waals surface area contributed by atoms with Crippen LogP contribution in [0.3, 0.4) is 0 Å². The maximum Gasteiger partial charge on any atom is 0.247 e. The standard InChI is InChI=1S/C23H26N4O2/c1-18-10-12-20(13-11-18)27(17-22(28)26-14-6-3-7-15-26)16-21-24-25-23(29-21)19-8-4-2-5-9-19/h2,4-5,8-13H,3,6-7,14-17H2,1H3. The van der Waals surface area contributed by atoms with Crippen molar-refractivity contribution in [1.82, 2.24) is 15.1 Å². The van der Waals surface area contributed by atoms with Gasteiger partial charge in [-0.15, -0.1) is 10.2 Å². The Morgan fingerprint density at radius 1 is 1.00 bits per heavy atom. The van der Waals surface area contributed by atoms with Crippen molar-refractivity contribution in [3.63, 3.8) is 0 Å². The van der Waals surface area contributed by atoms with Crippen LogP contribution >= 0.6 is 0 Å². The third-order valence-corrected chi connectivity index (χ3v) is 5.25. The van der Waals surface area contributed by atoms with Gasteiger partial charge in [-0.05, 0) is 50.5 Å². The summed E-state index contributed by atoms with van der Waals surface area (Å²) in [7, 11) is 0. The van der Waals surface area contributed by atoms with Gasteiger partial charge < -0.3 is 14.2 Å². The lowest BCUT2D eigenvalue weighted by Gasteiger charge is -2.30. The highest BCUT2D eigenvalue weighted by Crippen LogP contribution is 2.21. The van der Waals surface area contributed by atoms with Crippen molar-refractivity contribution in [2.75, 3.05) is 24.5 Å². The summed E-state index contributed by atoms with van der Waals surface area (Å²) in [6, 6.07) is 17.9. The quantitative estimate of drug-likeness (QED) is 0.635. The van der Waals surface area contributed by atoms with Gasteiger partial charge in [0.1, 0.15) is 0 Å². The van der Waals surface area contributed by atoms with Crippen molar-refractivity contribution in [2.24, 2.45) is 0 Å². The first-order valence-corrected chi connectivity index (χ1v) is 10.2. The summed E-state index contributed by atoms with van der Waals surface area (Å²) in [5.74, 6) is 1.13. The molecular weight excluding hydrogens is 364 g/mol. The van der Waals surface area contributed by atoms with Crippen LogP contribution in [0, 0.1) is 6.92 Å². The summed E-state index contributed by atoms with van der Waals surface area (Å²) in [5, 5.41) is 8.39. The number of amides is 1. The number of carbonyl (C=O) groups is 1. The summed E-state index contributed by atoms with van der Waals surface area (Å²) in [4.78, 5) is 16.9. The van der Waals surface area contributed by atoms with E-state index in [9.17, 15) is 4.79 Å². The number of benzene rings is 2. The monoisotopic (exact) mass is 390 g/mol. The molecule has 1 aliphatic rings. The minimum Gasteiger partial charge on any atom is -0.419 e. The second-order valence-corrected chi connectivity index (χ2v) is 7.50. The number of aromatic nitrogens is 2. The Hall–Kier alpha value is -3.15. The van der Waals surface area contributed by atoms with E-state index in [1.54, 1.807) is 0 Å². The van der Waals surface area contributed by atoms with E-state index in [0.717, 1.165) is 37.2 Å². The first-order valence-electron chi connectivity index (χ1n) is 10.2. The summed E-state index contributed by atoms with van der Waals surface area (Å²) in [6.07, 6.45) is 3.37. The van der Waals surface area contributed by atoms with Crippen LogP contribution in [0.4, 0.5) is 5.69 Å². The lowest BCUT2D eigenvalue weighted by Crippen LogP contribution is -2.42. The molecular formula is C23H26N4O2. The second-order valence-electron chi connectivity index (χ2n) is 7.50. The molecule has 3 aromatic rings. The van der Waals surface area contributed by atoms with E-state index in [1.165, 1.54) is 12.0 Å². The van der Waals surface area contributed by atoms with Gasteiger partial charge in [0.25, 0.3) is 0 Å². The van der Waals surface area contributed by atoms with E-state index < -0.39 is 0 Å². The molecule has 1 fully saturated rings. The third-order valence-electron chi connectivity index (χ3n) is 5.25. The number of hydrogen-bond acceptors (Lipinski definition) is 5. The zero-order chi connectivity index (χ0) is 20.1. The van der Waals surface area contributed by atoms with Gasteiger partial charge in [0.15, 0.2) is 0 Å². The first kappa shape index (κ1) is 19.2. The zero-order valence-electron chi connectivity index (χ0n) is 16.8. The SMILES string of the molecule is Cc1ccc(N(CC(=O)N2CCCCC2)Cc2nnc(-c3ccccc3)o2)cc1. The molecule has 1 amide bonds. The number of likely N-dealkylation sites (tertiary alicyclic amines) is 1. The fraction of sp³-hybridized carbons (Fsp3) is 0.348. The third kappa shape index (κ3) is 4.83. The van der Waals surface area contributed by atoms with Crippen LogP contribution in [0.2, 0.25) is 0 Å². The number of carbonyl (C=O) groups excluding carboxylic acids is 1. The molecule has 1 aliphatic heterocycles. The molecule has 0 N–H and O–H groups in total. The van der Waals surface area contributed by atoms with Gasteiger partial charge in [-0.25, -0.2) is 0 Å². The van der Waals surface area contributed by atoms with Gasteiger partial charge in [-0.3, -0.25) is 4.79 Å². The van der Waals surface area contributed by atoms with Crippen molar-refractivity contribution in [1.29, 1.82) is 0 Å². The lowest BCUT2D eigenvalue weighted by molar-refractivity contribution is -0.130. The number of rotatable bonds is 6. The summed E-state index contributed by atoms with van der Waals surface area (Å²) in [6.45, 7) is 4.43. The average molecular weight is 390 g/mol. The molecule has 0 bridgehead atoms. The molecule has 2 aromatic carbocycles. The number of hydrogen-bond donors (Lipinski definition) is 0. The van der Waals surface area contributed by atoms with E-state index in [4.69, 9.17) is 4.42 Å². The summed E-state index contributed by atoms with van der Waals surface area (Å²) in [5.41, 5.74) is 3.04. The number of piperidine rings is 1. The molecule has 0 radical (unpaired) electrons. The maximum absolute atomic E-state index is 12.9. The Labute approximate surface area is 171 Å². The molecule has 6 nitrogen and oxygen atoms in total. The predicted molar refractivity (Wildman–Crippen MR) is 112 cm³/mol. The molecule has 1 aromatic heterocycles. The normalized spacial score (nSPS) is 14.0. The van der Waals surface area contributed by atoms with E-state index in [-0.39, 0.29) is 5.91 Å². The Morgan fingerprint density at radius 2 is 1.72 bits per heavy atom. The van der Waals surface area contributed by atoms with Gasteiger partial charge in [-0.2, -0.15) is 0 Å². The molecule has 150 valence electrons. The highest BCUT2D eigenvalue weighted by Gasteiger charge is 2.21. The molecule has 6 heteroatoms. The molecule has 0 aliphatic carbocycles. The maximum atomic E-state index is 12.9. The minimum absolute atomic E-state index is 0.146. The van der Waals surface area contributed by atoms with E-state index in [1.807, 2.05) is 52.3 Å². The molecule has 29 heavy (non-hydrogen) atoms. The molecule has 0 unspecified atom stereocenters. The topological polar surface area (TPSA) is 62.5 Å². The largest absolute Gasteiger partial charge is 0.419 e. The van der Waals surface area contributed by atoms with Gasteiger partial charge in [0, 0.05) is 24.3 Å². The van der Waals surface area contributed by atoms with Gasteiger partial charge >= 0.3 is 0 Å². The van der Waals surface area contributed by atoms with Crippen molar-refractivity contribution in [2.45, 2.75) is 32.7 Å². The van der Waals surface area contributed by atoms with Crippen molar-refractivity contribution in [3.05, 3.63) is 66.1 Å².